The molecule has 0 atom stereocenters. The van der Waals surface area contributed by atoms with Gasteiger partial charge in [0.15, 0.2) is 5.78 Å². The maximum Gasteiger partial charge on any atom is 0.202 e. The minimum Gasteiger partial charge on any atom is -0.497 e. The molecule has 150 valence electrons. The van der Waals surface area contributed by atoms with Gasteiger partial charge in [-0.25, -0.2) is 4.98 Å². The average molecular weight is 398 g/mol. The van der Waals surface area contributed by atoms with Crippen molar-refractivity contribution in [1.29, 1.82) is 0 Å². The fourth-order valence-electron chi connectivity index (χ4n) is 3.43. The van der Waals surface area contributed by atoms with Crippen molar-refractivity contribution in [1.82, 2.24) is 9.55 Å². The number of ketones is 1. The first kappa shape index (κ1) is 19.6. The first-order chi connectivity index (χ1) is 14.5. The topological polar surface area (TPSA) is 61.2 Å². The maximum atomic E-state index is 13.2. The second-order valence-corrected chi connectivity index (χ2v) is 7.37. The SMILES string of the molecule is COc1ccc(C(=O)c2cn(Cc3ccc(C)cc3)c3nc(C)ccc3c2=O)cc1. The highest BCUT2D eigenvalue weighted by Gasteiger charge is 2.18. The fraction of sp³-hybridized carbons (Fsp3) is 0.160. The Kier molecular flexibility index (Phi) is 5.19. The van der Waals surface area contributed by atoms with Gasteiger partial charge < -0.3 is 9.30 Å². The minimum absolute atomic E-state index is 0.130. The number of hydrogen-bond acceptors (Lipinski definition) is 4. The molecule has 0 saturated heterocycles. The molecule has 0 N–H and O–H groups in total. The van der Waals surface area contributed by atoms with E-state index in [0.717, 1.165) is 11.3 Å². The van der Waals surface area contributed by atoms with Crippen molar-refractivity contribution in [2.45, 2.75) is 20.4 Å². The maximum absolute atomic E-state index is 13.2. The fourth-order valence-corrected chi connectivity index (χ4v) is 3.43. The molecule has 4 aromatic rings. The standard InChI is InChI=1S/C25H22N2O3/c1-16-4-7-18(8-5-16)14-27-15-22(23(28)19-9-11-20(30-3)12-10-19)24(29)21-13-6-17(2)26-25(21)27/h4-13,15H,14H2,1-3H3. The number of nitrogens with zero attached hydrogens (tertiary/aromatic N) is 2. The van der Waals surface area contributed by atoms with Gasteiger partial charge in [-0.15, -0.1) is 0 Å². The highest BCUT2D eigenvalue weighted by atomic mass is 16.5. The first-order valence-corrected chi connectivity index (χ1v) is 9.71. The third kappa shape index (κ3) is 3.74. The molecule has 0 unspecified atom stereocenters. The molecular formula is C25H22N2O3. The Balaban J connectivity index is 1.86. The number of pyridine rings is 2. The smallest absolute Gasteiger partial charge is 0.202 e. The molecule has 0 spiro atoms. The molecule has 0 aliphatic carbocycles. The highest BCUT2D eigenvalue weighted by Crippen LogP contribution is 2.18. The van der Waals surface area contributed by atoms with Crippen LogP contribution < -0.4 is 10.2 Å². The highest BCUT2D eigenvalue weighted by molar-refractivity contribution is 6.10. The van der Waals surface area contributed by atoms with E-state index in [-0.39, 0.29) is 16.8 Å². The van der Waals surface area contributed by atoms with E-state index in [0.29, 0.717) is 28.9 Å². The minimum atomic E-state index is -0.317. The number of rotatable bonds is 5. The number of ether oxygens (including phenoxy) is 1. The molecular weight excluding hydrogens is 376 g/mol. The number of carbonyl (C=O) groups is 1. The second kappa shape index (κ2) is 7.95. The van der Waals surface area contributed by atoms with Gasteiger partial charge in [-0.3, -0.25) is 9.59 Å². The van der Waals surface area contributed by atoms with E-state index in [2.05, 4.69) is 4.98 Å². The molecule has 0 fully saturated rings. The van der Waals surface area contributed by atoms with Crippen molar-refractivity contribution >= 4 is 16.8 Å². The van der Waals surface area contributed by atoms with Crippen LogP contribution >= 0.6 is 0 Å². The monoisotopic (exact) mass is 398 g/mol. The quantitative estimate of drug-likeness (QED) is 0.470. The van der Waals surface area contributed by atoms with Crippen LogP contribution in [0.1, 0.15) is 32.7 Å². The zero-order valence-corrected chi connectivity index (χ0v) is 17.2. The molecule has 0 aliphatic heterocycles. The Bertz CT molecular complexity index is 1290. The Labute approximate surface area is 174 Å². The second-order valence-electron chi connectivity index (χ2n) is 7.37. The lowest BCUT2D eigenvalue weighted by Crippen LogP contribution is -2.21. The van der Waals surface area contributed by atoms with Gasteiger partial charge in [-0.05, 0) is 55.8 Å². The molecule has 2 aromatic carbocycles. The van der Waals surface area contributed by atoms with Gasteiger partial charge in [0.25, 0.3) is 0 Å². The predicted octanol–water partition coefficient (Wildman–Crippen LogP) is 4.30. The third-order valence-corrected chi connectivity index (χ3v) is 5.13. The van der Waals surface area contributed by atoms with Crippen LogP contribution in [-0.2, 0) is 6.54 Å². The number of fused-ring (bicyclic) bond motifs is 1. The molecule has 5 heteroatoms. The zero-order valence-electron chi connectivity index (χ0n) is 17.2. The van der Waals surface area contributed by atoms with E-state index in [1.807, 2.05) is 42.7 Å². The van der Waals surface area contributed by atoms with Gasteiger partial charge in [0.05, 0.1) is 18.1 Å². The van der Waals surface area contributed by atoms with Gasteiger partial charge >= 0.3 is 0 Å². The number of aromatic nitrogens is 2. The lowest BCUT2D eigenvalue weighted by Gasteiger charge is -2.13. The Morgan fingerprint density at radius 1 is 0.967 bits per heavy atom. The summed E-state index contributed by atoms with van der Waals surface area (Å²) >= 11 is 0. The molecule has 5 nitrogen and oxygen atoms in total. The Morgan fingerprint density at radius 3 is 2.33 bits per heavy atom. The summed E-state index contributed by atoms with van der Waals surface area (Å²) in [5, 5.41) is 0.437. The largest absolute Gasteiger partial charge is 0.497 e. The van der Waals surface area contributed by atoms with Gasteiger partial charge in [-0.2, -0.15) is 0 Å². The lowest BCUT2D eigenvalue weighted by atomic mass is 10.0. The summed E-state index contributed by atoms with van der Waals surface area (Å²) in [5.74, 6) is 0.337. The summed E-state index contributed by atoms with van der Waals surface area (Å²) in [6.45, 7) is 4.43. The average Bonchev–Trinajstić information content (AvgIpc) is 2.76. The molecule has 0 bridgehead atoms. The number of aryl methyl sites for hydroxylation is 2. The summed E-state index contributed by atoms with van der Waals surface area (Å²) < 4.78 is 7.04. The van der Waals surface area contributed by atoms with Crippen molar-refractivity contribution in [3.63, 3.8) is 0 Å². The van der Waals surface area contributed by atoms with Gasteiger partial charge in [0.2, 0.25) is 5.43 Å². The van der Waals surface area contributed by atoms with E-state index in [1.165, 1.54) is 5.56 Å². The van der Waals surface area contributed by atoms with Crippen molar-refractivity contribution in [2.24, 2.45) is 0 Å². The zero-order chi connectivity index (χ0) is 21.3. The van der Waals surface area contributed by atoms with Crippen LogP contribution in [0.4, 0.5) is 0 Å². The van der Waals surface area contributed by atoms with E-state index >= 15 is 0 Å². The van der Waals surface area contributed by atoms with Gasteiger partial charge in [-0.1, -0.05) is 29.8 Å². The van der Waals surface area contributed by atoms with E-state index in [4.69, 9.17) is 4.74 Å². The van der Waals surface area contributed by atoms with E-state index < -0.39 is 0 Å². The van der Waals surface area contributed by atoms with Gasteiger partial charge in [0, 0.05) is 24.0 Å². The lowest BCUT2D eigenvalue weighted by molar-refractivity contribution is 0.103. The van der Waals surface area contributed by atoms with Crippen LogP contribution in [0.5, 0.6) is 5.75 Å². The first-order valence-electron chi connectivity index (χ1n) is 9.71. The number of benzene rings is 2. The number of hydrogen-bond donors (Lipinski definition) is 0. The van der Waals surface area contributed by atoms with Gasteiger partial charge in [0.1, 0.15) is 11.4 Å². The molecule has 0 aliphatic rings. The predicted molar refractivity (Wildman–Crippen MR) is 117 cm³/mol. The Hall–Kier alpha value is -3.73. The van der Waals surface area contributed by atoms with Crippen molar-refractivity contribution < 1.29 is 9.53 Å². The molecule has 0 radical (unpaired) electrons. The summed E-state index contributed by atoms with van der Waals surface area (Å²) in [7, 11) is 1.57. The van der Waals surface area contributed by atoms with Crippen LogP contribution in [0.15, 0.2) is 71.7 Å². The summed E-state index contributed by atoms with van der Waals surface area (Å²) in [5.41, 5.74) is 3.89. The number of carbonyl (C=O) groups excluding carboxylic acids is 1. The van der Waals surface area contributed by atoms with Crippen LogP contribution in [0.2, 0.25) is 0 Å². The van der Waals surface area contributed by atoms with Crippen LogP contribution in [0.25, 0.3) is 11.0 Å². The Morgan fingerprint density at radius 2 is 1.67 bits per heavy atom. The summed E-state index contributed by atoms with van der Waals surface area (Å²) in [6, 6.07) is 18.5. The molecule has 4 rings (SSSR count). The normalized spacial score (nSPS) is 10.9. The van der Waals surface area contributed by atoms with Crippen molar-refractivity contribution in [3.8, 4) is 5.75 Å². The molecule has 2 aromatic heterocycles. The summed E-state index contributed by atoms with van der Waals surface area (Å²) in [4.78, 5) is 30.9. The molecule has 2 heterocycles. The van der Waals surface area contributed by atoms with Crippen LogP contribution in [0.3, 0.4) is 0 Å². The summed E-state index contributed by atoms with van der Waals surface area (Å²) in [6.07, 6.45) is 1.63. The van der Waals surface area contributed by atoms with Crippen LogP contribution in [0, 0.1) is 13.8 Å². The molecule has 0 saturated carbocycles. The van der Waals surface area contributed by atoms with Crippen LogP contribution in [-0.4, -0.2) is 22.4 Å². The van der Waals surface area contributed by atoms with Crippen molar-refractivity contribution in [3.05, 3.63) is 105 Å². The van der Waals surface area contributed by atoms with E-state index in [1.54, 1.807) is 49.7 Å². The van der Waals surface area contributed by atoms with Crippen molar-refractivity contribution in [2.75, 3.05) is 7.11 Å². The molecule has 30 heavy (non-hydrogen) atoms. The molecule has 0 amide bonds. The van der Waals surface area contributed by atoms with E-state index in [9.17, 15) is 9.59 Å². The third-order valence-electron chi connectivity index (χ3n) is 5.13. The number of methoxy groups -OCH3 is 1.